The van der Waals surface area contributed by atoms with E-state index in [4.69, 9.17) is 0 Å². The summed E-state index contributed by atoms with van der Waals surface area (Å²) in [7, 11) is -1.93. The lowest BCUT2D eigenvalue weighted by molar-refractivity contribution is 0.600. The van der Waals surface area contributed by atoms with Gasteiger partial charge in [0.15, 0.2) is 5.82 Å². The predicted octanol–water partition coefficient (Wildman–Crippen LogP) is 1.38. The third-order valence-corrected chi connectivity index (χ3v) is 3.70. The zero-order valence-corrected chi connectivity index (χ0v) is 11.2. The molecule has 0 bridgehead atoms. The van der Waals surface area contributed by atoms with E-state index >= 15 is 0 Å². The highest BCUT2D eigenvalue weighted by molar-refractivity contribution is 9.10. The van der Waals surface area contributed by atoms with Gasteiger partial charge >= 0.3 is 0 Å². The maximum Gasteiger partial charge on any atom is 0.264 e. The molecule has 2 aromatic heterocycles. The van der Waals surface area contributed by atoms with E-state index in [0.717, 1.165) is 0 Å². The number of anilines is 1. The fraction of sp³-hybridized carbons (Fsp3) is 0.111. The number of nitrogens with zero attached hydrogens (tertiary/aromatic N) is 3. The Bertz CT molecular complexity index is 638. The van der Waals surface area contributed by atoms with Crippen LogP contribution in [-0.4, -0.2) is 23.2 Å². The first-order valence-electron chi connectivity index (χ1n) is 4.60. The number of halogens is 1. The summed E-state index contributed by atoms with van der Waals surface area (Å²) >= 11 is 3.17. The molecule has 0 fully saturated rings. The van der Waals surface area contributed by atoms with Crippen molar-refractivity contribution in [3.63, 3.8) is 0 Å². The molecule has 2 aromatic rings. The molecule has 0 radical (unpaired) electrons. The van der Waals surface area contributed by atoms with E-state index in [-0.39, 0.29) is 10.7 Å². The van der Waals surface area contributed by atoms with Crippen molar-refractivity contribution in [2.24, 2.45) is 7.05 Å². The lowest BCUT2D eigenvalue weighted by atomic mass is 10.5. The summed E-state index contributed by atoms with van der Waals surface area (Å²) < 4.78 is 28.4. The normalized spacial score (nSPS) is 11.4. The first-order valence-corrected chi connectivity index (χ1v) is 6.88. The Labute approximate surface area is 107 Å². The number of sulfonamides is 1. The van der Waals surface area contributed by atoms with Crippen LogP contribution in [0, 0.1) is 0 Å². The Kier molecular flexibility index (Phi) is 3.16. The summed E-state index contributed by atoms with van der Waals surface area (Å²) in [5.74, 6) is 0.271. The van der Waals surface area contributed by atoms with Crippen LogP contribution >= 0.6 is 15.9 Å². The Morgan fingerprint density at radius 1 is 1.41 bits per heavy atom. The summed E-state index contributed by atoms with van der Waals surface area (Å²) in [5, 5.41) is 3.94. The second-order valence-electron chi connectivity index (χ2n) is 3.32. The van der Waals surface area contributed by atoms with E-state index < -0.39 is 10.0 Å². The molecular weight excluding hydrogens is 308 g/mol. The van der Waals surface area contributed by atoms with Gasteiger partial charge in [0.2, 0.25) is 0 Å². The quantitative estimate of drug-likeness (QED) is 0.928. The molecular formula is C9H9BrN4O2S. The summed E-state index contributed by atoms with van der Waals surface area (Å²) in [6.45, 7) is 0. The average Bonchev–Trinajstić information content (AvgIpc) is 2.63. The molecule has 0 saturated carbocycles. The van der Waals surface area contributed by atoms with Gasteiger partial charge in [-0.2, -0.15) is 5.10 Å². The number of pyridine rings is 1. The molecule has 2 heterocycles. The van der Waals surface area contributed by atoms with Gasteiger partial charge in [0.1, 0.15) is 4.90 Å². The fourth-order valence-electron chi connectivity index (χ4n) is 1.21. The first kappa shape index (κ1) is 12.1. The van der Waals surface area contributed by atoms with Crippen molar-refractivity contribution >= 4 is 31.8 Å². The molecule has 17 heavy (non-hydrogen) atoms. The Hall–Kier alpha value is -1.41. The van der Waals surface area contributed by atoms with Gasteiger partial charge in [0.25, 0.3) is 10.0 Å². The lowest BCUT2D eigenvalue weighted by Gasteiger charge is -2.04. The van der Waals surface area contributed by atoms with Crippen molar-refractivity contribution in [1.82, 2.24) is 14.8 Å². The monoisotopic (exact) mass is 316 g/mol. The molecule has 0 aliphatic rings. The molecule has 90 valence electrons. The highest BCUT2D eigenvalue weighted by Crippen LogP contribution is 2.17. The molecule has 8 heteroatoms. The van der Waals surface area contributed by atoms with Crippen LogP contribution < -0.4 is 4.72 Å². The molecule has 0 aromatic carbocycles. The van der Waals surface area contributed by atoms with Crippen LogP contribution in [0.3, 0.4) is 0 Å². The number of aryl methyl sites for hydroxylation is 1. The van der Waals surface area contributed by atoms with Gasteiger partial charge in [-0.3, -0.25) is 14.4 Å². The number of hydrogen-bond acceptors (Lipinski definition) is 4. The third kappa shape index (κ3) is 2.83. The highest BCUT2D eigenvalue weighted by Gasteiger charge is 2.16. The molecule has 0 atom stereocenters. The number of aromatic nitrogens is 3. The predicted molar refractivity (Wildman–Crippen MR) is 66.0 cm³/mol. The molecule has 0 saturated heterocycles. The maximum absolute atomic E-state index is 11.9. The van der Waals surface area contributed by atoms with E-state index in [2.05, 4.69) is 30.7 Å². The molecule has 0 aliphatic heterocycles. The lowest BCUT2D eigenvalue weighted by Crippen LogP contribution is -2.13. The fourth-order valence-corrected chi connectivity index (χ4v) is 2.71. The van der Waals surface area contributed by atoms with Gasteiger partial charge < -0.3 is 0 Å². The van der Waals surface area contributed by atoms with Gasteiger partial charge in [-0.15, -0.1) is 0 Å². The van der Waals surface area contributed by atoms with Crippen LogP contribution in [0.1, 0.15) is 0 Å². The summed E-state index contributed by atoms with van der Waals surface area (Å²) in [5.41, 5.74) is 0. The second kappa shape index (κ2) is 4.46. The number of nitrogens with one attached hydrogen (secondary N) is 1. The van der Waals surface area contributed by atoms with Crippen LogP contribution in [0.15, 0.2) is 40.1 Å². The average molecular weight is 317 g/mol. The van der Waals surface area contributed by atoms with Crippen LogP contribution in [0.4, 0.5) is 5.82 Å². The summed E-state index contributed by atoms with van der Waals surface area (Å²) in [6, 6.07) is 3.04. The van der Waals surface area contributed by atoms with Crippen LogP contribution in [0.25, 0.3) is 0 Å². The summed E-state index contributed by atoms with van der Waals surface area (Å²) in [6.07, 6.45) is 4.44. The van der Waals surface area contributed by atoms with E-state index in [0.29, 0.717) is 4.47 Å². The van der Waals surface area contributed by atoms with Crippen molar-refractivity contribution in [3.05, 3.63) is 35.2 Å². The zero-order chi connectivity index (χ0) is 12.5. The molecule has 0 amide bonds. The molecule has 6 nitrogen and oxygen atoms in total. The van der Waals surface area contributed by atoms with Crippen LogP contribution in [0.2, 0.25) is 0 Å². The molecule has 0 unspecified atom stereocenters. The van der Waals surface area contributed by atoms with Crippen LogP contribution in [0.5, 0.6) is 0 Å². The largest absolute Gasteiger partial charge is 0.274 e. The van der Waals surface area contributed by atoms with Crippen molar-refractivity contribution in [2.75, 3.05) is 4.72 Å². The van der Waals surface area contributed by atoms with Crippen molar-refractivity contribution in [3.8, 4) is 0 Å². The van der Waals surface area contributed by atoms with Gasteiger partial charge in [-0.05, 0) is 22.0 Å². The SMILES string of the molecule is Cn1ccc(NS(=O)(=O)c2cncc(Br)c2)n1. The first-order chi connectivity index (χ1) is 7.97. The highest BCUT2D eigenvalue weighted by atomic mass is 79.9. The van der Waals surface area contributed by atoms with E-state index in [9.17, 15) is 8.42 Å². The second-order valence-corrected chi connectivity index (χ2v) is 5.92. The van der Waals surface area contributed by atoms with E-state index in [1.54, 1.807) is 19.3 Å². The Morgan fingerprint density at radius 3 is 2.76 bits per heavy atom. The van der Waals surface area contributed by atoms with Crippen molar-refractivity contribution in [1.29, 1.82) is 0 Å². The van der Waals surface area contributed by atoms with Crippen molar-refractivity contribution < 1.29 is 8.42 Å². The van der Waals surface area contributed by atoms with Gasteiger partial charge in [0, 0.05) is 36.2 Å². The Morgan fingerprint density at radius 2 is 2.18 bits per heavy atom. The topological polar surface area (TPSA) is 76.9 Å². The van der Waals surface area contributed by atoms with Crippen molar-refractivity contribution in [2.45, 2.75) is 4.90 Å². The molecule has 2 rings (SSSR count). The minimum atomic E-state index is -3.64. The standard InChI is InChI=1S/C9H9BrN4O2S/c1-14-3-2-9(12-14)13-17(15,16)8-4-7(10)5-11-6-8/h2-6H,1H3,(H,12,13). The molecule has 0 spiro atoms. The van der Waals surface area contributed by atoms with Crippen LogP contribution in [-0.2, 0) is 17.1 Å². The number of rotatable bonds is 3. The smallest absolute Gasteiger partial charge is 0.264 e. The van der Waals surface area contributed by atoms with E-state index in [1.807, 2.05) is 0 Å². The minimum absolute atomic E-state index is 0.0810. The summed E-state index contributed by atoms with van der Waals surface area (Å²) in [4.78, 5) is 3.89. The maximum atomic E-state index is 11.9. The van der Waals surface area contributed by atoms with Gasteiger partial charge in [0.05, 0.1) is 0 Å². The third-order valence-electron chi connectivity index (χ3n) is 1.94. The Balaban J connectivity index is 2.31. The van der Waals surface area contributed by atoms with Gasteiger partial charge in [-0.1, -0.05) is 0 Å². The molecule has 0 aliphatic carbocycles. The van der Waals surface area contributed by atoms with E-state index in [1.165, 1.54) is 23.1 Å². The minimum Gasteiger partial charge on any atom is -0.274 e. The molecule has 1 N–H and O–H groups in total. The zero-order valence-electron chi connectivity index (χ0n) is 8.83. The number of hydrogen-bond donors (Lipinski definition) is 1. The van der Waals surface area contributed by atoms with Gasteiger partial charge in [-0.25, -0.2) is 8.42 Å².